The largest absolute Gasteiger partial charge is 0.522 e. The molecule has 0 aliphatic carbocycles. The van der Waals surface area contributed by atoms with Gasteiger partial charge in [-0.15, -0.1) is 13.2 Å². The summed E-state index contributed by atoms with van der Waals surface area (Å²) < 4.78 is 38.7. The standard InChI is InChI=1S/C6H10F3NO/c1-4-5(2-3-10-4)11-6(7,8)9/h4-5,10H,2-3H2,1H3/t4-,5-/m0/s1. The molecule has 0 aromatic carbocycles. The van der Waals surface area contributed by atoms with Gasteiger partial charge in [0.15, 0.2) is 0 Å². The monoisotopic (exact) mass is 169 g/mol. The van der Waals surface area contributed by atoms with Crippen molar-refractivity contribution in [1.82, 2.24) is 5.32 Å². The van der Waals surface area contributed by atoms with Gasteiger partial charge in [0.1, 0.15) is 0 Å². The van der Waals surface area contributed by atoms with E-state index in [2.05, 4.69) is 10.1 Å². The molecular formula is C6H10F3NO. The molecular weight excluding hydrogens is 159 g/mol. The molecule has 1 fully saturated rings. The third kappa shape index (κ3) is 2.67. The zero-order valence-electron chi connectivity index (χ0n) is 6.11. The molecule has 0 bridgehead atoms. The lowest BCUT2D eigenvalue weighted by Crippen LogP contribution is -2.33. The topological polar surface area (TPSA) is 21.3 Å². The summed E-state index contributed by atoms with van der Waals surface area (Å²) in [4.78, 5) is 0. The molecule has 1 saturated heterocycles. The number of alkyl halides is 3. The molecule has 1 rings (SSSR count). The lowest BCUT2D eigenvalue weighted by Gasteiger charge is -2.17. The van der Waals surface area contributed by atoms with Gasteiger partial charge in [-0.05, 0) is 19.9 Å². The minimum atomic E-state index is -4.50. The molecule has 1 heterocycles. The molecule has 1 N–H and O–H groups in total. The first-order chi connectivity index (χ1) is 4.99. The lowest BCUT2D eigenvalue weighted by atomic mass is 10.2. The zero-order valence-corrected chi connectivity index (χ0v) is 6.11. The second kappa shape index (κ2) is 2.98. The molecule has 0 aromatic heterocycles. The van der Waals surface area contributed by atoms with Crippen molar-refractivity contribution in [3.63, 3.8) is 0 Å². The van der Waals surface area contributed by atoms with Gasteiger partial charge < -0.3 is 5.32 Å². The lowest BCUT2D eigenvalue weighted by molar-refractivity contribution is -0.342. The van der Waals surface area contributed by atoms with Crippen molar-refractivity contribution in [2.75, 3.05) is 6.54 Å². The van der Waals surface area contributed by atoms with Crippen LogP contribution in [0.15, 0.2) is 0 Å². The van der Waals surface area contributed by atoms with Crippen LogP contribution in [0.25, 0.3) is 0 Å². The van der Waals surface area contributed by atoms with E-state index in [-0.39, 0.29) is 6.04 Å². The molecule has 1 aliphatic heterocycles. The van der Waals surface area contributed by atoms with E-state index in [0.29, 0.717) is 13.0 Å². The van der Waals surface area contributed by atoms with Crippen molar-refractivity contribution in [1.29, 1.82) is 0 Å². The third-order valence-corrected chi connectivity index (χ3v) is 1.74. The van der Waals surface area contributed by atoms with Crippen molar-refractivity contribution in [3.05, 3.63) is 0 Å². The number of nitrogens with one attached hydrogen (secondary N) is 1. The first kappa shape index (κ1) is 8.80. The Bertz CT molecular complexity index is 136. The van der Waals surface area contributed by atoms with Crippen LogP contribution in [0, 0.1) is 0 Å². The van der Waals surface area contributed by atoms with E-state index < -0.39 is 12.5 Å². The van der Waals surface area contributed by atoms with E-state index in [1.165, 1.54) is 0 Å². The van der Waals surface area contributed by atoms with Gasteiger partial charge in [0.05, 0.1) is 6.10 Å². The molecule has 0 saturated carbocycles. The smallest absolute Gasteiger partial charge is 0.312 e. The average molecular weight is 169 g/mol. The third-order valence-electron chi connectivity index (χ3n) is 1.74. The Labute approximate surface area is 62.7 Å². The second-order valence-electron chi connectivity index (χ2n) is 2.63. The molecule has 0 radical (unpaired) electrons. The van der Waals surface area contributed by atoms with Crippen molar-refractivity contribution in [2.45, 2.75) is 31.9 Å². The van der Waals surface area contributed by atoms with Crippen LogP contribution < -0.4 is 5.32 Å². The summed E-state index contributed by atoms with van der Waals surface area (Å²) in [5.41, 5.74) is 0. The fourth-order valence-corrected chi connectivity index (χ4v) is 1.17. The highest BCUT2D eigenvalue weighted by atomic mass is 19.4. The Balaban J connectivity index is 2.37. The highest BCUT2D eigenvalue weighted by molar-refractivity contribution is 4.80. The van der Waals surface area contributed by atoms with Crippen molar-refractivity contribution in [2.24, 2.45) is 0 Å². The van der Waals surface area contributed by atoms with Gasteiger partial charge in [0, 0.05) is 6.04 Å². The summed E-state index contributed by atoms with van der Waals surface area (Å²) in [6.07, 6.45) is -4.78. The van der Waals surface area contributed by atoms with Crippen LogP contribution in [0.2, 0.25) is 0 Å². The minimum absolute atomic E-state index is 0.198. The first-order valence-electron chi connectivity index (χ1n) is 3.47. The maximum absolute atomic E-state index is 11.6. The van der Waals surface area contributed by atoms with Crippen LogP contribution in [-0.2, 0) is 4.74 Å². The Hall–Kier alpha value is -0.290. The molecule has 2 atom stereocenters. The van der Waals surface area contributed by atoms with E-state index in [9.17, 15) is 13.2 Å². The Morgan fingerprint density at radius 2 is 2.09 bits per heavy atom. The highest BCUT2D eigenvalue weighted by Crippen LogP contribution is 2.23. The van der Waals surface area contributed by atoms with Crippen LogP contribution in [0.4, 0.5) is 13.2 Å². The predicted molar refractivity (Wildman–Crippen MR) is 33.0 cm³/mol. The van der Waals surface area contributed by atoms with Crippen LogP contribution >= 0.6 is 0 Å². The number of rotatable bonds is 1. The van der Waals surface area contributed by atoms with Gasteiger partial charge >= 0.3 is 6.36 Å². The molecule has 0 spiro atoms. The molecule has 1 aliphatic rings. The molecule has 66 valence electrons. The maximum Gasteiger partial charge on any atom is 0.522 e. The molecule has 5 heteroatoms. The van der Waals surface area contributed by atoms with E-state index in [1.807, 2.05) is 0 Å². The SMILES string of the molecule is C[C@@H]1NCC[C@@H]1OC(F)(F)F. The Morgan fingerprint density at radius 1 is 1.45 bits per heavy atom. The number of hydrogen-bond acceptors (Lipinski definition) is 2. The normalized spacial score (nSPS) is 32.7. The minimum Gasteiger partial charge on any atom is -0.312 e. The fraction of sp³-hybridized carbons (Fsp3) is 1.00. The molecule has 0 aromatic rings. The van der Waals surface area contributed by atoms with Gasteiger partial charge in [-0.25, -0.2) is 0 Å². The molecule has 0 unspecified atom stereocenters. The highest BCUT2D eigenvalue weighted by Gasteiger charge is 2.37. The summed E-state index contributed by atoms with van der Waals surface area (Å²) in [6.45, 7) is 2.28. The van der Waals surface area contributed by atoms with Crippen molar-refractivity contribution in [3.8, 4) is 0 Å². The van der Waals surface area contributed by atoms with E-state index in [0.717, 1.165) is 0 Å². The van der Waals surface area contributed by atoms with E-state index in [1.54, 1.807) is 6.92 Å². The molecule has 11 heavy (non-hydrogen) atoms. The summed E-state index contributed by atoms with van der Waals surface area (Å²) >= 11 is 0. The summed E-state index contributed by atoms with van der Waals surface area (Å²) in [6, 6.07) is -0.198. The van der Waals surface area contributed by atoms with Gasteiger partial charge in [0.25, 0.3) is 0 Å². The van der Waals surface area contributed by atoms with Crippen LogP contribution in [-0.4, -0.2) is 25.1 Å². The first-order valence-corrected chi connectivity index (χ1v) is 3.47. The van der Waals surface area contributed by atoms with Gasteiger partial charge in [-0.1, -0.05) is 0 Å². The van der Waals surface area contributed by atoms with Gasteiger partial charge in [0.2, 0.25) is 0 Å². The summed E-state index contributed by atoms with van der Waals surface area (Å²) in [7, 11) is 0. The van der Waals surface area contributed by atoms with E-state index >= 15 is 0 Å². The zero-order chi connectivity index (χ0) is 8.48. The fourth-order valence-electron chi connectivity index (χ4n) is 1.17. The Morgan fingerprint density at radius 3 is 2.45 bits per heavy atom. The quantitative estimate of drug-likeness (QED) is 0.638. The molecule has 2 nitrogen and oxygen atoms in total. The second-order valence-corrected chi connectivity index (χ2v) is 2.63. The molecule has 0 amide bonds. The van der Waals surface area contributed by atoms with Gasteiger partial charge in [-0.2, -0.15) is 0 Å². The predicted octanol–water partition coefficient (Wildman–Crippen LogP) is 1.27. The van der Waals surface area contributed by atoms with Gasteiger partial charge in [-0.3, -0.25) is 4.74 Å². The summed E-state index contributed by atoms with van der Waals surface area (Å²) in [5.74, 6) is 0. The number of halogens is 3. The van der Waals surface area contributed by atoms with Crippen LogP contribution in [0.5, 0.6) is 0 Å². The van der Waals surface area contributed by atoms with Crippen molar-refractivity contribution >= 4 is 0 Å². The average Bonchev–Trinajstić information content (AvgIpc) is 2.12. The number of hydrogen-bond donors (Lipinski definition) is 1. The van der Waals surface area contributed by atoms with Crippen LogP contribution in [0.1, 0.15) is 13.3 Å². The Kier molecular flexibility index (Phi) is 2.39. The maximum atomic E-state index is 11.6. The van der Waals surface area contributed by atoms with Crippen molar-refractivity contribution < 1.29 is 17.9 Å². The number of ether oxygens (including phenoxy) is 1. The van der Waals surface area contributed by atoms with Crippen LogP contribution in [0.3, 0.4) is 0 Å². The van der Waals surface area contributed by atoms with E-state index in [4.69, 9.17) is 0 Å². The summed E-state index contributed by atoms with van der Waals surface area (Å²) in [5, 5.41) is 2.87.